The summed E-state index contributed by atoms with van der Waals surface area (Å²) in [7, 11) is -2.30. The van der Waals surface area contributed by atoms with Crippen molar-refractivity contribution in [3.05, 3.63) is 101 Å². The second-order valence-corrected chi connectivity index (χ2v) is 11.0. The van der Waals surface area contributed by atoms with E-state index in [2.05, 4.69) is 5.32 Å². The maximum Gasteiger partial charge on any atom is 0.244 e. The highest BCUT2D eigenvalue weighted by atomic mass is 35.5. The molecule has 9 heteroatoms. The molecule has 0 aliphatic rings. The zero-order chi connectivity index (χ0) is 27.0. The fraction of sp³-hybridized carbons (Fsp3) is 0.286. The number of hydrogen-bond acceptors (Lipinski definition) is 4. The van der Waals surface area contributed by atoms with Gasteiger partial charge in [0.1, 0.15) is 12.6 Å². The highest BCUT2D eigenvalue weighted by molar-refractivity contribution is 7.92. The number of sulfonamides is 1. The average Bonchev–Trinajstić information content (AvgIpc) is 2.89. The molecule has 196 valence electrons. The Balaban J connectivity index is 2.06. The molecule has 0 aliphatic carbocycles. The van der Waals surface area contributed by atoms with Gasteiger partial charge in [-0.15, -0.1) is 0 Å². The van der Waals surface area contributed by atoms with Crippen molar-refractivity contribution in [1.29, 1.82) is 0 Å². The minimum Gasteiger partial charge on any atom is -0.357 e. The van der Waals surface area contributed by atoms with Gasteiger partial charge in [-0.05, 0) is 35.2 Å². The maximum absolute atomic E-state index is 13.9. The smallest absolute Gasteiger partial charge is 0.244 e. The van der Waals surface area contributed by atoms with Gasteiger partial charge in [0.15, 0.2) is 0 Å². The normalized spacial score (nSPS) is 12.0. The number of nitrogens with one attached hydrogen (secondary N) is 1. The van der Waals surface area contributed by atoms with E-state index in [4.69, 9.17) is 11.6 Å². The molecule has 2 amide bonds. The van der Waals surface area contributed by atoms with Gasteiger partial charge in [0, 0.05) is 25.0 Å². The van der Waals surface area contributed by atoms with Crippen molar-refractivity contribution in [2.75, 3.05) is 24.2 Å². The minimum absolute atomic E-state index is 0.0381. The van der Waals surface area contributed by atoms with E-state index in [0.717, 1.165) is 21.7 Å². The molecule has 1 atom stereocenters. The van der Waals surface area contributed by atoms with Gasteiger partial charge >= 0.3 is 0 Å². The maximum atomic E-state index is 13.9. The Morgan fingerprint density at radius 2 is 1.51 bits per heavy atom. The van der Waals surface area contributed by atoms with Crippen molar-refractivity contribution in [3.63, 3.8) is 0 Å². The molecule has 0 radical (unpaired) electrons. The number of carbonyl (C=O) groups excluding carboxylic acids is 2. The van der Waals surface area contributed by atoms with Crippen molar-refractivity contribution in [2.24, 2.45) is 0 Å². The molecule has 0 spiro atoms. The van der Waals surface area contributed by atoms with Crippen LogP contribution in [0.5, 0.6) is 0 Å². The molecule has 0 heterocycles. The third kappa shape index (κ3) is 7.33. The molecule has 0 bridgehead atoms. The van der Waals surface area contributed by atoms with Gasteiger partial charge in [-0.1, -0.05) is 85.3 Å². The molecule has 37 heavy (non-hydrogen) atoms. The number of benzene rings is 3. The SMILES string of the molecule is CCc1ccccc1N(CC(=O)N(Cc1ccccc1Cl)[C@H](Cc1ccccc1)C(=O)NC)S(C)(=O)=O. The third-order valence-electron chi connectivity index (χ3n) is 6.14. The topological polar surface area (TPSA) is 86.8 Å². The van der Waals surface area contributed by atoms with Crippen LogP contribution >= 0.6 is 11.6 Å². The van der Waals surface area contributed by atoms with Crippen LogP contribution in [-0.4, -0.2) is 51.0 Å². The van der Waals surface area contributed by atoms with Gasteiger partial charge < -0.3 is 10.2 Å². The van der Waals surface area contributed by atoms with Crippen molar-refractivity contribution in [3.8, 4) is 0 Å². The number of para-hydroxylation sites is 1. The first-order chi connectivity index (χ1) is 17.7. The molecule has 0 unspecified atom stereocenters. The van der Waals surface area contributed by atoms with Crippen LogP contribution in [0.3, 0.4) is 0 Å². The van der Waals surface area contributed by atoms with Crippen LogP contribution in [0.15, 0.2) is 78.9 Å². The second-order valence-electron chi connectivity index (χ2n) is 8.68. The predicted molar refractivity (Wildman–Crippen MR) is 148 cm³/mol. The van der Waals surface area contributed by atoms with E-state index < -0.39 is 28.5 Å². The molecule has 3 rings (SSSR count). The van der Waals surface area contributed by atoms with Gasteiger partial charge in [0.2, 0.25) is 21.8 Å². The number of halogens is 1. The number of aryl methyl sites for hydroxylation is 1. The van der Waals surface area contributed by atoms with E-state index in [0.29, 0.717) is 22.7 Å². The van der Waals surface area contributed by atoms with Crippen LogP contribution in [-0.2, 0) is 39.0 Å². The Bertz CT molecular complexity index is 1330. The molecular formula is C28H32ClN3O4S. The molecule has 0 fully saturated rings. The predicted octanol–water partition coefficient (Wildman–Crippen LogP) is 4.05. The van der Waals surface area contributed by atoms with Crippen molar-refractivity contribution >= 4 is 39.1 Å². The molecule has 1 N–H and O–H groups in total. The van der Waals surface area contributed by atoms with Gasteiger partial charge in [-0.2, -0.15) is 0 Å². The van der Waals surface area contributed by atoms with E-state index in [1.165, 1.54) is 11.9 Å². The first-order valence-corrected chi connectivity index (χ1v) is 14.2. The quantitative estimate of drug-likeness (QED) is 0.397. The molecule has 0 saturated heterocycles. The number of likely N-dealkylation sites (N-methyl/N-ethyl adjacent to an activating group) is 1. The van der Waals surface area contributed by atoms with E-state index >= 15 is 0 Å². The molecule has 0 aromatic heterocycles. The van der Waals surface area contributed by atoms with E-state index in [9.17, 15) is 18.0 Å². The first kappa shape index (κ1) is 28.2. The zero-order valence-electron chi connectivity index (χ0n) is 21.2. The Morgan fingerprint density at radius 3 is 2.11 bits per heavy atom. The zero-order valence-corrected chi connectivity index (χ0v) is 22.8. The first-order valence-electron chi connectivity index (χ1n) is 12.0. The number of hydrogen-bond donors (Lipinski definition) is 1. The summed E-state index contributed by atoms with van der Waals surface area (Å²) in [6.45, 7) is 1.51. The van der Waals surface area contributed by atoms with Crippen LogP contribution in [0.25, 0.3) is 0 Å². The van der Waals surface area contributed by atoms with Crippen LogP contribution in [0.2, 0.25) is 5.02 Å². The fourth-order valence-electron chi connectivity index (χ4n) is 4.18. The molecule has 3 aromatic carbocycles. The monoisotopic (exact) mass is 541 g/mol. The van der Waals surface area contributed by atoms with Gasteiger partial charge in [-0.3, -0.25) is 13.9 Å². The lowest BCUT2D eigenvalue weighted by atomic mass is 10.0. The number of rotatable bonds is 11. The largest absolute Gasteiger partial charge is 0.357 e. The number of nitrogens with zero attached hydrogens (tertiary/aromatic N) is 2. The number of anilines is 1. The van der Waals surface area contributed by atoms with Gasteiger partial charge in [-0.25, -0.2) is 8.42 Å². The van der Waals surface area contributed by atoms with Crippen molar-refractivity contribution in [1.82, 2.24) is 10.2 Å². The van der Waals surface area contributed by atoms with Gasteiger partial charge in [0.05, 0.1) is 11.9 Å². The number of amides is 2. The Morgan fingerprint density at radius 1 is 0.919 bits per heavy atom. The van der Waals surface area contributed by atoms with E-state index in [-0.39, 0.29) is 18.9 Å². The highest BCUT2D eigenvalue weighted by Crippen LogP contribution is 2.25. The van der Waals surface area contributed by atoms with Crippen LogP contribution in [0, 0.1) is 0 Å². The molecule has 0 saturated carbocycles. The summed E-state index contributed by atoms with van der Waals surface area (Å²) in [5.74, 6) is -0.870. The Hall–Kier alpha value is -3.36. The van der Waals surface area contributed by atoms with E-state index in [1.54, 1.807) is 36.4 Å². The van der Waals surface area contributed by atoms with Gasteiger partial charge in [0.25, 0.3) is 0 Å². The van der Waals surface area contributed by atoms with Crippen LogP contribution < -0.4 is 9.62 Å². The van der Waals surface area contributed by atoms with E-state index in [1.807, 2.05) is 49.4 Å². The Labute approximate surface area is 224 Å². The summed E-state index contributed by atoms with van der Waals surface area (Å²) in [6, 6.07) is 22.7. The summed E-state index contributed by atoms with van der Waals surface area (Å²) in [6.07, 6.45) is 1.92. The summed E-state index contributed by atoms with van der Waals surface area (Å²) >= 11 is 6.42. The molecule has 7 nitrogen and oxygen atoms in total. The number of carbonyl (C=O) groups is 2. The molecule has 3 aromatic rings. The van der Waals surface area contributed by atoms with Crippen molar-refractivity contribution in [2.45, 2.75) is 32.4 Å². The standard InChI is InChI=1S/C28H32ClN3O4S/c1-4-22-14-9-11-17-25(22)32(37(3,35)36)20-27(33)31(19-23-15-8-10-16-24(23)29)26(28(34)30-2)18-21-12-6-5-7-13-21/h5-17,26H,4,18-20H2,1-3H3,(H,30,34)/t26-/m1/s1. The third-order valence-corrected chi connectivity index (χ3v) is 7.63. The summed E-state index contributed by atoms with van der Waals surface area (Å²) in [5.41, 5.74) is 2.76. The average molecular weight is 542 g/mol. The lowest BCUT2D eigenvalue weighted by Crippen LogP contribution is -2.53. The van der Waals surface area contributed by atoms with Crippen molar-refractivity contribution < 1.29 is 18.0 Å². The molecule has 0 aliphatic heterocycles. The lowest BCUT2D eigenvalue weighted by Gasteiger charge is -2.33. The summed E-state index contributed by atoms with van der Waals surface area (Å²) < 4.78 is 26.9. The molecular weight excluding hydrogens is 510 g/mol. The van der Waals surface area contributed by atoms with Crippen LogP contribution in [0.4, 0.5) is 5.69 Å². The highest BCUT2D eigenvalue weighted by Gasteiger charge is 2.33. The lowest BCUT2D eigenvalue weighted by molar-refractivity contribution is -0.139. The second kappa shape index (κ2) is 12.7. The summed E-state index contributed by atoms with van der Waals surface area (Å²) in [4.78, 5) is 28.5. The minimum atomic E-state index is -3.81. The Kier molecular flexibility index (Phi) is 9.72. The summed E-state index contributed by atoms with van der Waals surface area (Å²) in [5, 5.41) is 3.11. The fourth-order valence-corrected chi connectivity index (χ4v) is 5.25. The van der Waals surface area contributed by atoms with Crippen LogP contribution in [0.1, 0.15) is 23.6 Å².